The second-order valence-corrected chi connectivity index (χ2v) is 3.71. The van der Waals surface area contributed by atoms with Gasteiger partial charge in [-0.05, 0) is 18.6 Å². The van der Waals surface area contributed by atoms with Gasteiger partial charge in [0.15, 0.2) is 0 Å². The Morgan fingerprint density at radius 1 is 1.53 bits per heavy atom. The molecule has 0 saturated carbocycles. The highest BCUT2D eigenvalue weighted by Crippen LogP contribution is 1.98. The van der Waals surface area contributed by atoms with Gasteiger partial charge in [0, 0.05) is 31.8 Å². The summed E-state index contributed by atoms with van der Waals surface area (Å²) in [5, 5.41) is 3.37. The van der Waals surface area contributed by atoms with Crippen molar-refractivity contribution in [2.45, 2.75) is 19.0 Å². The van der Waals surface area contributed by atoms with Gasteiger partial charge >= 0.3 is 0 Å². The van der Waals surface area contributed by atoms with Crippen molar-refractivity contribution in [2.75, 3.05) is 19.6 Å². The largest absolute Gasteiger partial charge is 0.383 e. The van der Waals surface area contributed by atoms with E-state index >= 15 is 0 Å². The number of nitrogens with one attached hydrogen (secondary N) is 1. The van der Waals surface area contributed by atoms with Crippen molar-refractivity contribution in [1.82, 2.24) is 10.3 Å². The topological polar surface area (TPSA) is 34.1 Å². The molecule has 4 heteroatoms. The van der Waals surface area contributed by atoms with E-state index in [-0.39, 0.29) is 0 Å². The fourth-order valence-electron chi connectivity index (χ4n) is 1.33. The number of ether oxygens (including phenoxy) is 1. The smallest absolute Gasteiger partial charge is 0.0616 e. The van der Waals surface area contributed by atoms with Crippen LogP contribution in [0.1, 0.15) is 12.1 Å². The van der Waals surface area contributed by atoms with Gasteiger partial charge in [-0.2, -0.15) is 0 Å². The van der Waals surface area contributed by atoms with Crippen LogP contribution >= 0.6 is 11.6 Å². The van der Waals surface area contributed by atoms with Crippen molar-refractivity contribution in [3.63, 3.8) is 0 Å². The van der Waals surface area contributed by atoms with Crippen molar-refractivity contribution in [1.29, 1.82) is 0 Å². The van der Waals surface area contributed by atoms with Gasteiger partial charge in [0.1, 0.15) is 0 Å². The van der Waals surface area contributed by atoms with Crippen molar-refractivity contribution < 1.29 is 4.74 Å². The van der Waals surface area contributed by atoms with E-state index in [0.717, 1.165) is 18.7 Å². The molecule has 0 aliphatic rings. The fourth-order valence-corrected chi connectivity index (χ4v) is 1.59. The molecule has 0 bridgehead atoms. The maximum atomic E-state index is 5.70. The van der Waals surface area contributed by atoms with Gasteiger partial charge < -0.3 is 10.1 Å². The first-order valence-corrected chi connectivity index (χ1v) is 5.58. The monoisotopic (exact) mass is 228 g/mol. The van der Waals surface area contributed by atoms with Gasteiger partial charge in [-0.3, -0.25) is 4.98 Å². The van der Waals surface area contributed by atoms with E-state index in [1.807, 2.05) is 18.2 Å². The Balaban J connectivity index is 2.33. The number of nitrogens with zero attached hydrogens (tertiary/aromatic N) is 1. The lowest BCUT2D eigenvalue weighted by molar-refractivity contribution is 0.164. The van der Waals surface area contributed by atoms with Crippen molar-refractivity contribution in [3.05, 3.63) is 30.1 Å². The number of aromatic nitrogens is 1. The van der Waals surface area contributed by atoms with Crippen LogP contribution in [0.4, 0.5) is 0 Å². The van der Waals surface area contributed by atoms with E-state index in [0.29, 0.717) is 18.5 Å². The van der Waals surface area contributed by atoms with E-state index in [4.69, 9.17) is 16.3 Å². The lowest BCUT2D eigenvalue weighted by Crippen LogP contribution is -2.33. The molecular formula is C11H17ClN2O. The van der Waals surface area contributed by atoms with Crippen LogP contribution in [-0.4, -0.2) is 30.6 Å². The lowest BCUT2D eigenvalue weighted by Gasteiger charge is -2.16. The Kier molecular flexibility index (Phi) is 6.32. The van der Waals surface area contributed by atoms with Gasteiger partial charge in [0.05, 0.1) is 12.3 Å². The third-order valence-corrected chi connectivity index (χ3v) is 2.34. The summed E-state index contributed by atoms with van der Waals surface area (Å²) in [4.78, 5) is 4.23. The zero-order chi connectivity index (χ0) is 10.9. The van der Waals surface area contributed by atoms with Crippen LogP contribution in [0, 0.1) is 0 Å². The minimum Gasteiger partial charge on any atom is -0.383 e. The average Bonchev–Trinajstić information content (AvgIpc) is 2.28. The Bertz CT molecular complexity index is 250. The highest BCUT2D eigenvalue weighted by atomic mass is 35.5. The molecule has 0 aliphatic heterocycles. The number of rotatable bonds is 7. The molecule has 1 aromatic heterocycles. The van der Waals surface area contributed by atoms with Crippen LogP contribution in [0.5, 0.6) is 0 Å². The zero-order valence-electron chi connectivity index (χ0n) is 8.95. The second-order valence-electron chi connectivity index (χ2n) is 3.33. The third kappa shape index (κ3) is 5.11. The summed E-state index contributed by atoms with van der Waals surface area (Å²) < 4.78 is 5.10. The first-order valence-electron chi connectivity index (χ1n) is 5.05. The predicted octanol–water partition coefficient (Wildman–Crippen LogP) is 1.82. The molecule has 0 saturated heterocycles. The van der Waals surface area contributed by atoms with Crippen LogP contribution in [0.2, 0.25) is 0 Å². The normalized spacial score (nSPS) is 12.7. The van der Waals surface area contributed by atoms with Crippen molar-refractivity contribution in [2.24, 2.45) is 0 Å². The number of hydrogen-bond acceptors (Lipinski definition) is 3. The van der Waals surface area contributed by atoms with Crippen LogP contribution < -0.4 is 5.32 Å². The molecule has 1 unspecified atom stereocenters. The quantitative estimate of drug-likeness (QED) is 0.723. The zero-order valence-corrected chi connectivity index (χ0v) is 9.70. The molecule has 84 valence electrons. The van der Waals surface area contributed by atoms with E-state index in [1.165, 1.54) is 0 Å². The van der Waals surface area contributed by atoms with Crippen LogP contribution in [0.3, 0.4) is 0 Å². The summed E-state index contributed by atoms with van der Waals surface area (Å²) in [7, 11) is 1.70. The van der Waals surface area contributed by atoms with Crippen LogP contribution in [0.25, 0.3) is 0 Å². The summed E-state index contributed by atoms with van der Waals surface area (Å²) in [6, 6.07) is 6.19. The lowest BCUT2D eigenvalue weighted by atomic mass is 10.2. The molecule has 1 rings (SSSR count). The van der Waals surface area contributed by atoms with Crippen molar-refractivity contribution >= 4 is 11.6 Å². The van der Waals surface area contributed by atoms with Gasteiger partial charge in [-0.25, -0.2) is 0 Å². The van der Waals surface area contributed by atoms with E-state index in [1.54, 1.807) is 13.3 Å². The molecule has 0 fully saturated rings. The molecule has 0 spiro atoms. The average molecular weight is 229 g/mol. The molecule has 1 N–H and O–H groups in total. The number of halogens is 1. The number of alkyl halides is 1. The second kappa shape index (κ2) is 7.63. The third-order valence-electron chi connectivity index (χ3n) is 2.12. The molecule has 1 heterocycles. The summed E-state index contributed by atoms with van der Waals surface area (Å²) in [6.07, 6.45) is 2.70. The van der Waals surface area contributed by atoms with Gasteiger partial charge in [-0.1, -0.05) is 6.07 Å². The minimum atomic E-state index is 0.300. The molecule has 0 radical (unpaired) electrons. The Morgan fingerprint density at radius 2 is 2.40 bits per heavy atom. The molecule has 15 heavy (non-hydrogen) atoms. The minimum absolute atomic E-state index is 0.300. The van der Waals surface area contributed by atoms with Gasteiger partial charge in [0.25, 0.3) is 0 Å². The molecule has 1 aromatic rings. The standard InChI is InChI=1S/C11H17ClN2O/c1-15-9-11(5-6-12)14-8-10-4-2-3-7-13-10/h2-4,7,11,14H,5-6,8-9H2,1H3. The molecule has 0 aliphatic carbocycles. The maximum absolute atomic E-state index is 5.70. The fraction of sp³-hybridized carbons (Fsp3) is 0.545. The molecule has 3 nitrogen and oxygen atoms in total. The van der Waals surface area contributed by atoms with E-state index < -0.39 is 0 Å². The summed E-state index contributed by atoms with van der Waals surface area (Å²) >= 11 is 5.70. The number of methoxy groups -OCH3 is 1. The summed E-state index contributed by atoms with van der Waals surface area (Å²) in [5.74, 6) is 0.642. The Morgan fingerprint density at radius 3 is 3.00 bits per heavy atom. The number of hydrogen-bond donors (Lipinski definition) is 1. The van der Waals surface area contributed by atoms with Gasteiger partial charge in [-0.15, -0.1) is 11.6 Å². The van der Waals surface area contributed by atoms with Crippen LogP contribution in [-0.2, 0) is 11.3 Å². The Hall–Kier alpha value is -0.640. The molecule has 1 atom stereocenters. The predicted molar refractivity (Wildman–Crippen MR) is 62.1 cm³/mol. The van der Waals surface area contributed by atoms with Gasteiger partial charge in [0.2, 0.25) is 0 Å². The van der Waals surface area contributed by atoms with Crippen molar-refractivity contribution in [3.8, 4) is 0 Å². The number of pyridine rings is 1. The molecule has 0 amide bonds. The van der Waals surface area contributed by atoms with E-state index in [9.17, 15) is 0 Å². The molecule has 0 aromatic carbocycles. The first-order chi connectivity index (χ1) is 7.36. The highest BCUT2D eigenvalue weighted by molar-refractivity contribution is 6.17. The maximum Gasteiger partial charge on any atom is 0.0616 e. The Labute approximate surface area is 95.8 Å². The SMILES string of the molecule is COCC(CCCl)NCc1ccccn1. The molecular weight excluding hydrogens is 212 g/mol. The highest BCUT2D eigenvalue weighted by Gasteiger charge is 2.06. The first kappa shape index (κ1) is 12.4. The van der Waals surface area contributed by atoms with E-state index in [2.05, 4.69) is 10.3 Å². The summed E-state index contributed by atoms with van der Waals surface area (Å²) in [5.41, 5.74) is 1.04. The summed E-state index contributed by atoms with van der Waals surface area (Å²) in [6.45, 7) is 1.44. The van der Waals surface area contributed by atoms with Crippen LogP contribution in [0.15, 0.2) is 24.4 Å².